The van der Waals surface area contributed by atoms with E-state index >= 15 is 0 Å². The second kappa shape index (κ2) is 10.2. The Labute approximate surface area is 220 Å². The zero-order chi connectivity index (χ0) is 29.5. The number of nitrogens with two attached hydrogens (primary N) is 2. The van der Waals surface area contributed by atoms with Crippen molar-refractivity contribution >= 4 is 11.4 Å². The van der Waals surface area contributed by atoms with E-state index < -0.39 is 46.7 Å². The molecule has 0 radical (unpaired) electrons. The van der Waals surface area contributed by atoms with Crippen molar-refractivity contribution in [3.8, 4) is 34.1 Å². The van der Waals surface area contributed by atoms with Crippen LogP contribution in [0.4, 0.5) is 50.9 Å². The van der Waals surface area contributed by atoms with Crippen LogP contribution in [0.2, 0.25) is 0 Å². The summed E-state index contributed by atoms with van der Waals surface area (Å²) < 4.78 is 133. The van der Waals surface area contributed by atoms with Crippen molar-refractivity contribution in [2.24, 2.45) is 0 Å². The normalized spacial score (nSPS) is 12.3. The number of anilines is 2. The lowest BCUT2D eigenvalue weighted by Gasteiger charge is -2.19. The van der Waals surface area contributed by atoms with Crippen LogP contribution in [0.3, 0.4) is 0 Å². The molecule has 4 rings (SSSR count). The summed E-state index contributed by atoms with van der Waals surface area (Å²) in [6.45, 7) is 0. The molecule has 0 saturated carbocycles. The number of nitrogen functional groups attached to an aromatic ring is 2. The van der Waals surface area contributed by atoms with Gasteiger partial charge >= 0.3 is 18.5 Å². The van der Waals surface area contributed by atoms with E-state index in [1.165, 1.54) is 6.07 Å². The molecular weight excluding hydrogens is 555 g/mol. The molecule has 40 heavy (non-hydrogen) atoms. The van der Waals surface area contributed by atoms with Gasteiger partial charge in [0.15, 0.2) is 0 Å². The fourth-order valence-electron chi connectivity index (χ4n) is 3.71. The summed E-state index contributed by atoms with van der Waals surface area (Å²) in [5.74, 6) is -1.98. The molecule has 0 aliphatic rings. The summed E-state index contributed by atoms with van der Waals surface area (Å²) in [5.41, 5.74) is 6.62. The molecule has 0 atom stereocenters. The topological polar surface area (TPSA) is 70.5 Å². The Hall–Kier alpha value is -4.55. The highest BCUT2D eigenvalue weighted by Gasteiger charge is 2.36. The van der Waals surface area contributed by atoms with Crippen LogP contribution < -0.4 is 20.9 Å². The maximum absolute atomic E-state index is 13.6. The summed E-state index contributed by atoms with van der Waals surface area (Å²) in [4.78, 5) is 0. The molecule has 0 aliphatic heterocycles. The van der Waals surface area contributed by atoms with E-state index in [0.717, 1.165) is 54.6 Å². The largest absolute Gasteiger partial charge is 0.457 e. The summed E-state index contributed by atoms with van der Waals surface area (Å²) in [6.07, 6.45) is -14.5. The Morgan fingerprint density at radius 1 is 0.500 bits per heavy atom. The molecule has 210 valence electrons. The number of hydrogen-bond acceptors (Lipinski definition) is 4. The number of rotatable bonds is 5. The van der Waals surface area contributed by atoms with E-state index in [2.05, 4.69) is 0 Å². The quantitative estimate of drug-likeness (QED) is 0.185. The summed E-state index contributed by atoms with van der Waals surface area (Å²) in [7, 11) is 0. The molecule has 0 unspecified atom stereocenters. The second-order valence-corrected chi connectivity index (χ2v) is 8.45. The average Bonchev–Trinajstić information content (AvgIpc) is 2.85. The molecule has 0 amide bonds. The fraction of sp³-hybridized carbons (Fsp3) is 0.111. The second-order valence-electron chi connectivity index (χ2n) is 8.45. The number of halogens is 9. The molecule has 0 aromatic heterocycles. The maximum Gasteiger partial charge on any atom is 0.420 e. The number of alkyl halides is 9. The molecular formula is C27H17F9N2O2. The predicted octanol–water partition coefficient (Wildman–Crippen LogP) is 9.16. The molecule has 0 spiro atoms. The van der Waals surface area contributed by atoms with Gasteiger partial charge in [0.1, 0.15) is 34.1 Å². The van der Waals surface area contributed by atoms with E-state index in [-0.39, 0.29) is 34.0 Å². The van der Waals surface area contributed by atoms with Gasteiger partial charge in [0.05, 0.1) is 5.56 Å². The van der Waals surface area contributed by atoms with Crippen LogP contribution in [-0.2, 0) is 18.5 Å². The highest BCUT2D eigenvalue weighted by Crippen LogP contribution is 2.45. The van der Waals surface area contributed by atoms with E-state index in [4.69, 9.17) is 20.9 Å². The Kier molecular flexibility index (Phi) is 7.26. The van der Waals surface area contributed by atoms with E-state index in [1.807, 2.05) is 0 Å². The lowest BCUT2D eigenvalue weighted by molar-refractivity contribution is -0.139. The molecule has 4 nitrogen and oxygen atoms in total. The van der Waals surface area contributed by atoms with Gasteiger partial charge in [-0.25, -0.2) is 0 Å². The number of ether oxygens (including phenoxy) is 2. The smallest absolute Gasteiger partial charge is 0.420 e. The zero-order valence-corrected chi connectivity index (χ0v) is 19.9. The van der Waals surface area contributed by atoms with Gasteiger partial charge in [0.2, 0.25) is 0 Å². The molecule has 4 aromatic carbocycles. The third-order valence-corrected chi connectivity index (χ3v) is 5.52. The van der Waals surface area contributed by atoms with Crippen molar-refractivity contribution in [1.29, 1.82) is 0 Å². The highest BCUT2D eigenvalue weighted by atomic mass is 19.4. The SMILES string of the molecule is Nc1ccc(Oc2ccc(Oc3ccc(N)cc3C(F)(F)F)c(-c3cccc(C(F)(F)F)c3)c2)c(C(F)(F)F)c1. The summed E-state index contributed by atoms with van der Waals surface area (Å²) >= 11 is 0. The minimum Gasteiger partial charge on any atom is -0.457 e. The van der Waals surface area contributed by atoms with Crippen LogP contribution in [0, 0.1) is 0 Å². The molecule has 13 heteroatoms. The average molecular weight is 572 g/mol. The minimum atomic E-state index is -4.90. The van der Waals surface area contributed by atoms with Crippen molar-refractivity contribution in [3.05, 3.63) is 95.6 Å². The van der Waals surface area contributed by atoms with E-state index in [0.29, 0.717) is 18.2 Å². The lowest BCUT2D eigenvalue weighted by Crippen LogP contribution is -2.08. The molecule has 4 aromatic rings. The minimum absolute atomic E-state index is 0.160. The molecule has 0 saturated heterocycles. The van der Waals surface area contributed by atoms with Crippen LogP contribution in [0.1, 0.15) is 16.7 Å². The van der Waals surface area contributed by atoms with Gasteiger partial charge in [0, 0.05) is 16.9 Å². The van der Waals surface area contributed by atoms with Crippen LogP contribution in [-0.4, -0.2) is 0 Å². The molecule has 0 heterocycles. The maximum atomic E-state index is 13.6. The third-order valence-electron chi connectivity index (χ3n) is 5.52. The van der Waals surface area contributed by atoms with Crippen LogP contribution in [0.5, 0.6) is 23.0 Å². The highest BCUT2D eigenvalue weighted by molar-refractivity contribution is 5.73. The number of hydrogen-bond donors (Lipinski definition) is 2. The molecule has 0 aliphatic carbocycles. The van der Waals surface area contributed by atoms with Crippen LogP contribution in [0.25, 0.3) is 11.1 Å². The Morgan fingerprint density at radius 2 is 1.02 bits per heavy atom. The third kappa shape index (κ3) is 6.35. The van der Waals surface area contributed by atoms with Gasteiger partial charge in [-0.05, 0) is 72.3 Å². The van der Waals surface area contributed by atoms with Gasteiger partial charge in [-0.2, -0.15) is 39.5 Å². The molecule has 0 fully saturated rings. The van der Waals surface area contributed by atoms with E-state index in [1.54, 1.807) is 0 Å². The molecule has 0 bridgehead atoms. The number of benzene rings is 4. The standard InChI is InChI=1S/C27H17F9N2O2/c28-25(29,30)15-3-1-2-14(10-15)19-13-18(39-23-7-4-16(37)11-20(23)26(31,32)33)6-9-22(19)40-24-8-5-17(38)12-21(24)27(34,35)36/h1-13H,37-38H2. The first-order valence-electron chi connectivity index (χ1n) is 11.1. The predicted molar refractivity (Wildman–Crippen MR) is 129 cm³/mol. The zero-order valence-electron chi connectivity index (χ0n) is 19.9. The molecule has 4 N–H and O–H groups in total. The van der Waals surface area contributed by atoms with Crippen molar-refractivity contribution < 1.29 is 49.0 Å². The van der Waals surface area contributed by atoms with E-state index in [9.17, 15) is 39.5 Å². The van der Waals surface area contributed by atoms with Crippen molar-refractivity contribution in [2.45, 2.75) is 18.5 Å². The first-order valence-corrected chi connectivity index (χ1v) is 11.1. The first kappa shape index (κ1) is 28.5. The Bertz CT molecular complexity index is 1540. The Morgan fingerprint density at radius 3 is 1.55 bits per heavy atom. The van der Waals surface area contributed by atoms with Gasteiger partial charge in [0.25, 0.3) is 0 Å². The van der Waals surface area contributed by atoms with Crippen molar-refractivity contribution in [1.82, 2.24) is 0 Å². The fourth-order valence-corrected chi connectivity index (χ4v) is 3.71. The van der Waals surface area contributed by atoms with Gasteiger partial charge < -0.3 is 20.9 Å². The Balaban J connectivity index is 1.85. The van der Waals surface area contributed by atoms with Crippen LogP contribution in [0.15, 0.2) is 78.9 Å². The van der Waals surface area contributed by atoms with Gasteiger partial charge in [-0.15, -0.1) is 0 Å². The summed E-state index contributed by atoms with van der Waals surface area (Å²) in [5, 5.41) is 0. The first-order chi connectivity index (χ1) is 18.5. The monoisotopic (exact) mass is 572 g/mol. The summed E-state index contributed by atoms with van der Waals surface area (Å²) in [6, 6.07) is 12.4. The van der Waals surface area contributed by atoms with Crippen LogP contribution >= 0.6 is 0 Å². The van der Waals surface area contributed by atoms with Gasteiger partial charge in [-0.3, -0.25) is 0 Å². The van der Waals surface area contributed by atoms with Gasteiger partial charge in [-0.1, -0.05) is 12.1 Å². The van der Waals surface area contributed by atoms with Crippen molar-refractivity contribution in [3.63, 3.8) is 0 Å². The van der Waals surface area contributed by atoms with Crippen molar-refractivity contribution in [2.75, 3.05) is 11.5 Å². The lowest BCUT2D eigenvalue weighted by atomic mass is 10.0.